The molecule has 1 aromatic carbocycles. The highest BCUT2D eigenvalue weighted by Crippen LogP contribution is 2.26. The summed E-state index contributed by atoms with van der Waals surface area (Å²) < 4.78 is 0. The second-order valence-electron chi connectivity index (χ2n) is 3.99. The van der Waals surface area contributed by atoms with Crippen molar-refractivity contribution in [2.24, 2.45) is 5.92 Å². The summed E-state index contributed by atoms with van der Waals surface area (Å²) in [5, 5.41) is 8.87. The van der Waals surface area contributed by atoms with Gasteiger partial charge < -0.3 is 5.11 Å². The molecule has 15 heavy (non-hydrogen) atoms. The van der Waals surface area contributed by atoms with Crippen molar-refractivity contribution < 1.29 is 9.90 Å². The summed E-state index contributed by atoms with van der Waals surface area (Å²) in [5.74, 6) is -0.614. The molecule has 0 bridgehead atoms. The molecule has 0 aliphatic rings. The fourth-order valence-corrected chi connectivity index (χ4v) is 1.79. The van der Waals surface area contributed by atoms with E-state index >= 15 is 0 Å². The second-order valence-corrected chi connectivity index (χ2v) is 3.99. The Labute approximate surface area is 90.9 Å². The molecule has 0 unspecified atom stereocenters. The predicted molar refractivity (Wildman–Crippen MR) is 60.9 cm³/mol. The van der Waals surface area contributed by atoms with Gasteiger partial charge >= 0.3 is 5.97 Å². The van der Waals surface area contributed by atoms with Crippen LogP contribution in [0.1, 0.15) is 38.2 Å². The van der Waals surface area contributed by atoms with Crippen LogP contribution in [0.4, 0.5) is 0 Å². The summed E-state index contributed by atoms with van der Waals surface area (Å²) in [5.41, 5.74) is 1.24. The standard InChI is InChI=1S/C13H18O2/c1-3-11(9-10(2)13(14)15)12-7-5-4-6-8-12/h4-8,10-11H,3,9H2,1-2H3,(H,14,15)/t10-,11-/m1/s1. The highest BCUT2D eigenvalue weighted by Gasteiger charge is 2.17. The van der Waals surface area contributed by atoms with Gasteiger partial charge in [-0.05, 0) is 24.3 Å². The molecular formula is C13H18O2. The molecular weight excluding hydrogens is 188 g/mol. The largest absolute Gasteiger partial charge is 0.481 e. The van der Waals surface area contributed by atoms with Crippen molar-refractivity contribution in [1.82, 2.24) is 0 Å². The van der Waals surface area contributed by atoms with Crippen molar-refractivity contribution in [3.05, 3.63) is 35.9 Å². The highest BCUT2D eigenvalue weighted by molar-refractivity contribution is 5.69. The topological polar surface area (TPSA) is 37.3 Å². The number of carboxylic acids is 1. The molecule has 0 fully saturated rings. The minimum Gasteiger partial charge on any atom is -0.481 e. The molecule has 0 aromatic heterocycles. The number of rotatable bonds is 5. The van der Waals surface area contributed by atoms with Crippen LogP contribution in [0.25, 0.3) is 0 Å². The second kappa shape index (κ2) is 5.54. The molecule has 0 aliphatic carbocycles. The zero-order valence-electron chi connectivity index (χ0n) is 9.31. The number of benzene rings is 1. The molecule has 1 N–H and O–H groups in total. The lowest BCUT2D eigenvalue weighted by Gasteiger charge is -2.17. The van der Waals surface area contributed by atoms with E-state index in [0.29, 0.717) is 5.92 Å². The van der Waals surface area contributed by atoms with Crippen molar-refractivity contribution in [3.63, 3.8) is 0 Å². The Morgan fingerprint density at radius 3 is 2.40 bits per heavy atom. The predicted octanol–water partition coefficient (Wildman–Crippen LogP) is 3.29. The van der Waals surface area contributed by atoms with Crippen molar-refractivity contribution in [2.75, 3.05) is 0 Å². The van der Waals surface area contributed by atoms with E-state index in [0.717, 1.165) is 12.8 Å². The molecule has 2 heteroatoms. The normalized spacial score (nSPS) is 14.5. The fourth-order valence-electron chi connectivity index (χ4n) is 1.79. The van der Waals surface area contributed by atoms with Crippen LogP contribution in [-0.2, 0) is 4.79 Å². The van der Waals surface area contributed by atoms with Crippen molar-refractivity contribution in [1.29, 1.82) is 0 Å². The molecule has 1 aromatic rings. The van der Waals surface area contributed by atoms with E-state index in [-0.39, 0.29) is 5.92 Å². The van der Waals surface area contributed by atoms with Gasteiger partial charge in [0.05, 0.1) is 5.92 Å². The molecule has 0 amide bonds. The molecule has 0 heterocycles. The molecule has 1 rings (SSSR count). The third-order valence-electron chi connectivity index (χ3n) is 2.82. The maximum atomic E-state index is 10.8. The van der Waals surface area contributed by atoms with Gasteiger partial charge in [-0.15, -0.1) is 0 Å². The summed E-state index contributed by atoms with van der Waals surface area (Å²) in [6.07, 6.45) is 1.71. The summed E-state index contributed by atoms with van der Waals surface area (Å²) in [4.78, 5) is 10.8. The van der Waals surface area contributed by atoms with E-state index in [1.54, 1.807) is 6.92 Å². The molecule has 2 nitrogen and oxygen atoms in total. The van der Waals surface area contributed by atoms with E-state index in [9.17, 15) is 4.79 Å². The Bertz CT molecular complexity index is 306. The van der Waals surface area contributed by atoms with Crippen LogP contribution in [0, 0.1) is 5.92 Å². The Balaban J connectivity index is 2.69. The first-order valence-corrected chi connectivity index (χ1v) is 5.42. The number of aliphatic carboxylic acids is 1. The Hall–Kier alpha value is -1.31. The average Bonchev–Trinajstić information content (AvgIpc) is 2.26. The third-order valence-corrected chi connectivity index (χ3v) is 2.82. The first-order chi connectivity index (χ1) is 7.15. The van der Waals surface area contributed by atoms with Gasteiger partial charge in [0.1, 0.15) is 0 Å². The van der Waals surface area contributed by atoms with Crippen LogP contribution in [0.5, 0.6) is 0 Å². The number of hydrogen-bond acceptors (Lipinski definition) is 1. The van der Waals surface area contributed by atoms with Gasteiger partial charge in [0.25, 0.3) is 0 Å². The first-order valence-electron chi connectivity index (χ1n) is 5.42. The zero-order valence-corrected chi connectivity index (χ0v) is 9.31. The lowest BCUT2D eigenvalue weighted by Crippen LogP contribution is -2.13. The Kier molecular flexibility index (Phi) is 4.35. The van der Waals surface area contributed by atoms with Gasteiger partial charge in [0, 0.05) is 0 Å². The number of carbonyl (C=O) groups is 1. The van der Waals surface area contributed by atoms with E-state index in [4.69, 9.17) is 5.11 Å². The molecule has 2 atom stereocenters. The highest BCUT2D eigenvalue weighted by atomic mass is 16.4. The number of hydrogen-bond donors (Lipinski definition) is 1. The minimum absolute atomic E-state index is 0.268. The van der Waals surface area contributed by atoms with Crippen LogP contribution in [0.2, 0.25) is 0 Å². The van der Waals surface area contributed by atoms with Crippen LogP contribution in [0.15, 0.2) is 30.3 Å². The van der Waals surface area contributed by atoms with Gasteiger partial charge in [-0.1, -0.05) is 44.2 Å². The first kappa shape index (κ1) is 11.8. The maximum absolute atomic E-state index is 10.8. The minimum atomic E-state index is -0.704. The molecule has 0 radical (unpaired) electrons. The molecule has 82 valence electrons. The Morgan fingerprint density at radius 1 is 1.33 bits per heavy atom. The van der Waals surface area contributed by atoms with Crippen LogP contribution < -0.4 is 0 Å². The molecule has 0 spiro atoms. The van der Waals surface area contributed by atoms with E-state index in [1.807, 2.05) is 18.2 Å². The van der Waals surface area contributed by atoms with E-state index in [1.165, 1.54) is 5.56 Å². The third kappa shape index (κ3) is 3.39. The van der Waals surface area contributed by atoms with Crippen molar-refractivity contribution >= 4 is 5.97 Å². The SMILES string of the molecule is CC[C@H](C[C@@H](C)C(=O)O)c1ccccc1. The van der Waals surface area contributed by atoms with Gasteiger partial charge in [0.15, 0.2) is 0 Å². The van der Waals surface area contributed by atoms with Crippen LogP contribution >= 0.6 is 0 Å². The quantitative estimate of drug-likeness (QED) is 0.802. The van der Waals surface area contributed by atoms with Crippen molar-refractivity contribution in [2.45, 2.75) is 32.6 Å². The van der Waals surface area contributed by atoms with Crippen LogP contribution in [0.3, 0.4) is 0 Å². The van der Waals surface area contributed by atoms with E-state index in [2.05, 4.69) is 19.1 Å². The molecule has 0 saturated carbocycles. The zero-order chi connectivity index (χ0) is 11.3. The van der Waals surface area contributed by atoms with E-state index < -0.39 is 5.97 Å². The maximum Gasteiger partial charge on any atom is 0.306 e. The summed E-state index contributed by atoms with van der Waals surface area (Å²) in [6.45, 7) is 3.88. The summed E-state index contributed by atoms with van der Waals surface area (Å²) >= 11 is 0. The monoisotopic (exact) mass is 206 g/mol. The lowest BCUT2D eigenvalue weighted by molar-refractivity contribution is -0.141. The average molecular weight is 206 g/mol. The van der Waals surface area contributed by atoms with Gasteiger partial charge in [-0.25, -0.2) is 0 Å². The van der Waals surface area contributed by atoms with Gasteiger partial charge in [-0.3, -0.25) is 4.79 Å². The lowest BCUT2D eigenvalue weighted by atomic mass is 9.88. The van der Waals surface area contributed by atoms with Gasteiger partial charge in [-0.2, -0.15) is 0 Å². The summed E-state index contributed by atoms with van der Waals surface area (Å²) in [6, 6.07) is 10.1. The summed E-state index contributed by atoms with van der Waals surface area (Å²) in [7, 11) is 0. The smallest absolute Gasteiger partial charge is 0.306 e. The number of carboxylic acid groups (broad SMARTS) is 1. The van der Waals surface area contributed by atoms with Crippen molar-refractivity contribution in [3.8, 4) is 0 Å². The molecule has 0 aliphatic heterocycles. The van der Waals surface area contributed by atoms with Crippen LogP contribution in [-0.4, -0.2) is 11.1 Å². The molecule has 0 saturated heterocycles. The Morgan fingerprint density at radius 2 is 1.93 bits per heavy atom. The fraction of sp³-hybridized carbons (Fsp3) is 0.462. The van der Waals surface area contributed by atoms with Gasteiger partial charge in [0.2, 0.25) is 0 Å².